The largest absolute Gasteiger partial charge is 0.494 e. The van der Waals surface area contributed by atoms with Crippen molar-refractivity contribution >= 4 is 11.6 Å². The van der Waals surface area contributed by atoms with E-state index in [0.29, 0.717) is 12.5 Å². The number of nitrogens with two attached hydrogens (primary N) is 1. The number of ether oxygens (including phenoxy) is 1. The summed E-state index contributed by atoms with van der Waals surface area (Å²) in [6.45, 7) is 8.38. The quantitative estimate of drug-likeness (QED) is 0.830. The van der Waals surface area contributed by atoms with Gasteiger partial charge in [0.25, 0.3) is 0 Å². The van der Waals surface area contributed by atoms with E-state index >= 15 is 0 Å². The van der Waals surface area contributed by atoms with Gasteiger partial charge in [-0.3, -0.25) is 4.79 Å². The normalized spacial score (nSPS) is 11.5. The van der Waals surface area contributed by atoms with E-state index in [1.54, 1.807) is 13.8 Å². The van der Waals surface area contributed by atoms with Gasteiger partial charge in [-0.15, -0.1) is 0 Å². The molecule has 0 atom stereocenters. The van der Waals surface area contributed by atoms with Crippen molar-refractivity contribution in [3.8, 4) is 5.75 Å². The van der Waals surface area contributed by atoms with Gasteiger partial charge in [-0.05, 0) is 50.5 Å². The topological polar surface area (TPSA) is 64.3 Å². The average molecular weight is 264 g/mol. The van der Waals surface area contributed by atoms with Crippen LogP contribution in [-0.4, -0.2) is 18.1 Å². The fraction of sp³-hybridized carbons (Fsp3) is 0.533. The van der Waals surface area contributed by atoms with Crippen LogP contribution in [0.15, 0.2) is 24.3 Å². The average Bonchev–Trinajstić information content (AvgIpc) is 2.29. The second-order valence-corrected chi connectivity index (χ2v) is 5.73. The maximum Gasteiger partial charge on any atom is 0.243 e. The van der Waals surface area contributed by atoms with E-state index in [0.717, 1.165) is 17.9 Å². The molecule has 0 aliphatic heterocycles. The lowest BCUT2D eigenvalue weighted by molar-refractivity contribution is -0.120. The highest BCUT2D eigenvalue weighted by atomic mass is 16.5. The van der Waals surface area contributed by atoms with Crippen molar-refractivity contribution in [2.24, 2.45) is 11.7 Å². The molecule has 0 heterocycles. The zero-order valence-electron chi connectivity index (χ0n) is 12.2. The summed E-state index contributed by atoms with van der Waals surface area (Å²) in [5, 5.41) is 2.76. The van der Waals surface area contributed by atoms with Crippen molar-refractivity contribution in [3.63, 3.8) is 0 Å². The number of hydrogen-bond acceptors (Lipinski definition) is 3. The van der Waals surface area contributed by atoms with Crippen molar-refractivity contribution in [3.05, 3.63) is 24.3 Å². The Kier molecular flexibility index (Phi) is 5.36. The molecule has 0 spiro atoms. The molecule has 0 aromatic heterocycles. The summed E-state index contributed by atoms with van der Waals surface area (Å²) in [5.74, 6) is 1.23. The van der Waals surface area contributed by atoms with Crippen molar-refractivity contribution in [1.82, 2.24) is 0 Å². The summed E-state index contributed by atoms with van der Waals surface area (Å²) in [5.41, 5.74) is 5.55. The molecule has 0 fully saturated rings. The Bertz CT molecular complexity index is 405. The fourth-order valence-electron chi connectivity index (χ4n) is 1.34. The molecule has 1 aromatic carbocycles. The molecule has 0 saturated carbocycles. The molecule has 19 heavy (non-hydrogen) atoms. The lowest BCUT2D eigenvalue weighted by Gasteiger charge is -2.17. The van der Waals surface area contributed by atoms with Gasteiger partial charge >= 0.3 is 0 Å². The molecule has 0 aliphatic carbocycles. The maximum absolute atomic E-state index is 11.7. The van der Waals surface area contributed by atoms with E-state index < -0.39 is 5.54 Å². The number of rotatable bonds is 6. The Hall–Kier alpha value is -1.55. The minimum Gasteiger partial charge on any atom is -0.494 e. The number of hydrogen-bond donors (Lipinski definition) is 2. The molecule has 4 heteroatoms. The van der Waals surface area contributed by atoms with Crippen molar-refractivity contribution in [1.29, 1.82) is 0 Å². The van der Waals surface area contributed by atoms with Gasteiger partial charge in [0.2, 0.25) is 5.91 Å². The van der Waals surface area contributed by atoms with Crippen LogP contribution >= 0.6 is 0 Å². The number of amides is 1. The highest BCUT2D eigenvalue weighted by Gasteiger charge is 2.21. The summed E-state index contributed by atoms with van der Waals surface area (Å²) in [7, 11) is 0. The van der Waals surface area contributed by atoms with Crippen LogP contribution in [0.2, 0.25) is 0 Å². The van der Waals surface area contributed by atoms with Crippen LogP contribution in [0.1, 0.15) is 34.1 Å². The molecule has 0 bridgehead atoms. The van der Waals surface area contributed by atoms with E-state index in [-0.39, 0.29) is 5.91 Å². The summed E-state index contributed by atoms with van der Waals surface area (Å²) < 4.78 is 5.61. The first-order valence-corrected chi connectivity index (χ1v) is 6.62. The van der Waals surface area contributed by atoms with Crippen LogP contribution in [0, 0.1) is 5.92 Å². The minimum atomic E-state index is -0.883. The first-order chi connectivity index (χ1) is 8.79. The van der Waals surface area contributed by atoms with E-state index in [2.05, 4.69) is 19.2 Å². The third-order valence-corrected chi connectivity index (χ3v) is 2.66. The number of benzene rings is 1. The van der Waals surface area contributed by atoms with Crippen molar-refractivity contribution in [2.75, 3.05) is 11.9 Å². The zero-order valence-corrected chi connectivity index (χ0v) is 12.2. The monoisotopic (exact) mass is 264 g/mol. The van der Waals surface area contributed by atoms with Gasteiger partial charge < -0.3 is 15.8 Å². The smallest absolute Gasteiger partial charge is 0.243 e. The fourth-order valence-corrected chi connectivity index (χ4v) is 1.34. The highest BCUT2D eigenvalue weighted by Crippen LogP contribution is 2.17. The van der Waals surface area contributed by atoms with E-state index in [9.17, 15) is 4.79 Å². The third kappa shape index (κ3) is 5.75. The van der Waals surface area contributed by atoms with E-state index in [4.69, 9.17) is 10.5 Å². The molecular weight excluding hydrogens is 240 g/mol. The second-order valence-electron chi connectivity index (χ2n) is 5.73. The molecular formula is C15H24N2O2. The first kappa shape index (κ1) is 15.5. The molecule has 0 aliphatic rings. The molecule has 0 radical (unpaired) electrons. The minimum absolute atomic E-state index is 0.207. The van der Waals surface area contributed by atoms with Crippen LogP contribution in [0.4, 0.5) is 5.69 Å². The maximum atomic E-state index is 11.7. The number of nitrogens with one attached hydrogen (secondary N) is 1. The van der Waals surface area contributed by atoms with Crippen LogP contribution in [-0.2, 0) is 4.79 Å². The van der Waals surface area contributed by atoms with Gasteiger partial charge in [0.1, 0.15) is 5.75 Å². The Morgan fingerprint density at radius 2 is 1.89 bits per heavy atom. The molecule has 3 N–H and O–H groups in total. The molecule has 0 saturated heterocycles. The standard InChI is InChI=1S/C15H24N2O2/c1-11(2)9-10-19-13-7-5-12(6-8-13)17-14(18)15(3,4)16/h5-8,11H,9-10,16H2,1-4H3,(H,17,18). The second kappa shape index (κ2) is 6.57. The van der Waals surface area contributed by atoms with Gasteiger partial charge in [-0.2, -0.15) is 0 Å². The molecule has 1 amide bonds. The lowest BCUT2D eigenvalue weighted by atomic mass is 10.1. The number of anilines is 1. The molecule has 4 nitrogen and oxygen atoms in total. The van der Waals surface area contributed by atoms with E-state index in [1.807, 2.05) is 24.3 Å². The predicted molar refractivity (Wildman–Crippen MR) is 78.3 cm³/mol. The zero-order chi connectivity index (χ0) is 14.5. The van der Waals surface area contributed by atoms with Crippen LogP contribution in [0.25, 0.3) is 0 Å². The Morgan fingerprint density at radius 1 is 1.32 bits per heavy atom. The number of carbonyl (C=O) groups is 1. The van der Waals surface area contributed by atoms with Crippen molar-refractivity contribution in [2.45, 2.75) is 39.7 Å². The molecule has 1 rings (SSSR count). The summed E-state index contributed by atoms with van der Waals surface area (Å²) in [6, 6.07) is 7.32. The van der Waals surface area contributed by atoms with Gasteiger partial charge in [-0.25, -0.2) is 0 Å². The van der Waals surface area contributed by atoms with Crippen LogP contribution < -0.4 is 15.8 Å². The Morgan fingerprint density at radius 3 is 2.37 bits per heavy atom. The third-order valence-electron chi connectivity index (χ3n) is 2.66. The Labute approximate surface area is 115 Å². The van der Waals surface area contributed by atoms with Gasteiger partial charge in [0, 0.05) is 5.69 Å². The Balaban J connectivity index is 2.50. The van der Waals surface area contributed by atoms with Crippen molar-refractivity contribution < 1.29 is 9.53 Å². The first-order valence-electron chi connectivity index (χ1n) is 6.62. The highest BCUT2D eigenvalue weighted by molar-refractivity contribution is 5.97. The van der Waals surface area contributed by atoms with Crippen LogP contribution in [0.3, 0.4) is 0 Å². The van der Waals surface area contributed by atoms with Gasteiger partial charge in [-0.1, -0.05) is 13.8 Å². The summed E-state index contributed by atoms with van der Waals surface area (Å²) in [4.78, 5) is 11.7. The van der Waals surface area contributed by atoms with Gasteiger partial charge in [0.05, 0.1) is 12.1 Å². The van der Waals surface area contributed by atoms with Gasteiger partial charge in [0.15, 0.2) is 0 Å². The molecule has 1 aromatic rings. The summed E-state index contributed by atoms with van der Waals surface area (Å²) >= 11 is 0. The predicted octanol–water partition coefficient (Wildman–Crippen LogP) is 2.79. The molecule has 0 unspecified atom stereocenters. The molecule has 106 valence electrons. The summed E-state index contributed by atoms with van der Waals surface area (Å²) in [6.07, 6.45) is 1.03. The number of carbonyl (C=O) groups excluding carboxylic acids is 1. The van der Waals surface area contributed by atoms with E-state index in [1.165, 1.54) is 0 Å². The van der Waals surface area contributed by atoms with Crippen LogP contribution in [0.5, 0.6) is 5.75 Å². The SMILES string of the molecule is CC(C)CCOc1ccc(NC(=O)C(C)(C)N)cc1. The lowest BCUT2D eigenvalue weighted by Crippen LogP contribution is -2.45.